The largest absolute Gasteiger partial charge is 0.0998 e. The van der Waals surface area contributed by atoms with Gasteiger partial charge < -0.3 is 0 Å². The van der Waals surface area contributed by atoms with E-state index in [1.165, 1.54) is 12.0 Å². The molecule has 16 heavy (non-hydrogen) atoms. The van der Waals surface area contributed by atoms with E-state index < -0.39 is 0 Å². The average molecular weight is 220 g/mol. The van der Waals surface area contributed by atoms with E-state index in [-0.39, 0.29) is 0 Å². The molecule has 2 aliphatic carbocycles. The Morgan fingerprint density at radius 1 is 1.06 bits per heavy atom. The molecule has 2 aliphatic rings. The number of allylic oxidation sites excluding steroid dienone is 1. The first kappa shape index (κ1) is 12.2. The first-order chi connectivity index (χ1) is 7.25. The smallest absolute Gasteiger partial charge is 0.0141 e. The highest BCUT2D eigenvalue weighted by Gasteiger charge is 2.57. The summed E-state index contributed by atoms with van der Waals surface area (Å²) in [5.74, 6) is 5.34. The molecular weight excluding hydrogens is 192 g/mol. The van der Waals surface area contributed by atoms with Gasteiger partial charge in [0.15, 0.2) is 0 Å². The molecule has 2 saturated carbocycles. The predicted molar refractivity (Wildman–Crippen MR) is 71.2 cm³/mol. The fraction of sp³-hybridized carbons (Fsp3) is 0.875. The summed E-state index contributed by atoms with van der Waals surface area (Å²) in [4.78, 5) is 0. The van der Waals surface area contributed by atoms with Crippen LogP contribution < -0.4 is 0 Å². The SMILES string of the molecule is C=C(C)C1C2CC(C(C)C2C)C1C(C)(C)C. The van der Waals surface area contributed by atoms with E-state index in [4.69, 9.17) is 0 Å². The highest BCUT2D eigenvalue weighted by molar-refractivity contribution is 5.15. The van der Waals surface area contributed by atoms with Crippen LogP contribution in [0.5, 0.6) is 0 Å². The molecule has 0 heteroatoms. The molecule has 0 aromatic rings. The maximum absolute atomic E-state index is 4.28. The molecule has 0 heterocycles. The van der Waals surface area contributed by atoms with Gasteiger partial charge in [-0.2, -0.15) is 0 Å². The second kappa shape index (κ2) is 3.62. The lowest BCUT2D eigenvalue weighted by Gasteiger charge is -2.45. The van der Waals surface area contributed by atoms with E-state index in [1.54, 1.807) is 0 Å². The van der Waals surface area contributed by atoms with Gasteiger partial charge in [-0.15, -0.1) is 0 Å². The molecule has 0 aromatic carbocycles. The summed E-state index contributed by atoms with van der Waals surface area (Å²) in [5.41, 5.74) is 1.88. The molecule has 0 aromatic heterocycles. The Labute approximate surface area is 102 Å². The minimum Gasteiger partial charge on any atom is -0.0998 e. The third-order valence-electron chi connectivity index (χ3n) is 5.60. The third-order valence-corrected chi connectivity index (χ3v) is 5.60. The zero-order valence-corrected chi connectivity index (χ0v) is 11.9. The zero-order chi connectivity index (χ0) is 12.2. The Morgan fingerprint density at radius 3 is 2.00 bits per heavy atom. The first-order valence-electron chi connectivity index (χ1n) is 6.90. The minimum atomic E-state index is 0.442. The lowest BCUT2D eigenvalue weighted by molar-refractivity contribution is 0.0546. The van der Waals surface area contributed by atoms with Gasteiger partial charge >= 0.3 is 0 Å². The normalized spacial score (nSPS) is 47.4. The summed E-state index contributed by atoms with van der Waals surface area (Å²) in [6.07, 6.45) is 1.46. The van der Waals surface area contributed by atoms with Crippen molar-refractivity contribution in [1.82, 2.24) is 0 Å². The standard InChI is InChI=1S/C16H28/c1-9(2)14-12-8-13(11(4)10(12)3)15(14)16(5,6)7/h10-15H,1,8H2,2-7H3. The van der Waals surface area contributed by atoms with Crippen LogP contribution in [0, 0.1) is 40.9 Å². The molecule has 2 fully saturated rings. The average Bonchev–Trinajstić information content (AvgIpc) is 2.63. The second-order valence-electron chi connectivity index (χ2n) is 7.55. The van der Waals surface area contributed by atoms with Gasteiger partial charge in [-0.05, 0) is 54.3 Å². The van der Waals surface area contributed by atoms with Crippen molar-refractivity contribution < 1.29 is 0 Å². The van der Waals surface area contributed by atoms with Gasteiger partial charge in [0.1, 0.15) is 0 Å². The molecule has 0 N–H and O–H groups in total. The van der Waals surface area contributed by atoms with Crippen LogP contribution in [0.15, 0.2) is 12.2 Å². The Morgan fingerprint density at radius 2 is 1.56 bits per heavy atom. The van der Waals surface area contributed by atoms with Crippen LogP contribution >= 0.6 is 0 Å². The van der Waals surface area contributed by atoms with Gasteiger partial charge in [0.2, 0.25) is 0 Å². The Bertz CT molecular complexity index is 294. The number of fused-ring (bicyclic) bond motifs is 2. The lowest BCUT2D eigenvalue weighted by atomic mass is 9.59. The topological polar surface area (TPSA) is 0 Å². The quantitative estimate of drug-likeness (QED) is 0.559. The Balaban J connectivity index is 2.34. The van der Waals surface area contributed by atoms with E-state index in [0.29, 0.717) is 5.41 Å². The molecule has 0 amide bonds. The van der Waals surface area contributed by atoms with E-state index >= 15 is 0 Å². The van der Waals surface area contributed by atoms with Gasteiger partial charge in [0.25, 0.3) is 0 Å². The van der Waals surface area contributed by atoms with Crippen molar-refractivity contribution in [1.29, 1.82) is 0 Å². The van der Waals surface area contributed by atoms with Gasteiger partial charge in [-0.1, -0.05) is 46.8 Å². The highest BCUT2D eigenvalue weighted by Crippen LogP contribution is 2.63. The Kier molecular flexibility index (Phi) is 2.76. The molecule has 0 aliphatic heterocycles. The van der Waals surface area contributed by atoms with Crippen molar-refractivity contribution in [2.45, 2.75) is 48.0 Å². The summed E-state index contributed by atoms with van der Waals surface area (Å²) >= 11 is 0. The molecular formula is C16H28. The van der Waals surface area contributed by atoms with Crippen LogP contribution in [0.2, 0.25) is 0 Å². The summed E-state index contributed by atoms with van der Waals surface area (Å²) < 4.78 is 0. The molecule has 6 atom stereocenters. The van der Waals surface area contributed by atoms with Crippen molar-refractivity contribution in [2.24, 2.45) is 40.9 Å². The van der Waals surface area contributed by atoms with E-state index in [9.17, 15) is 0 Å². The molecule has 92 valence electrons. The van der Waals surface area contributed by atoms with Crippen LogP contribution in [0.4, 0.5) is 0 Å². The fourth-order valence-corrected chi connectivity index (χ4v) is 4.86. The highest BCUT2D eigenvalue weighted by atomic mass is 14.6. The Hall–Kier alpha value is -0.260. The summed E-state index contributed by atoms with van der Waals surface area (Å²) in [6.45, 7) is 18.7. The van der Waals surface area contributed by atoms with E-state index in [2.05, 4.69) is 48.1 Å². The third kappa shape index (κ3) is 1.57. The summed E-state index contributed by atoms with van der Waals surface area (Å²) in [6, 6.07) is 0. The van der Waals surface area contributed by atoms with Crippen molar-refractivity contribution in [3.63, 3.8) is 0 Å². The van der Waals surface area contributed by atoms with Gasteiger partial charge in [-0.3, -0.25) is 0 Å². The van der Waals surface area contributed by atoms with Crippen LogP contribution in [-0.4, -0.2) is 0 Å². The second-order valence-corrected chi connectivity index (χ2v) is 7.55. The van der Waals surface area contributed by atoms with Crippen LogP contribution in [-0.2, 0) is 0 Å². The van der Waals surface area contributed by atoms with Crippen LogP contribution in [0.25, 0.3) is 0 Å². The molecule has 2 bridgehead atoms. The first-order valence-corrected chi connectivity index (χ1v) is 6.90. The van der Waals surface area contributed by atoms with Crippen molar-refractivity contribution in [2.75, 3.05) is 0 Å². The zero-order valence-electron chi connectivity index (χ0n) is 11.9. The maximum atomic E-state index is 4.28. The van der Waals surface area contributed by atoms with Gasteiger partial charge in [-0.25, -0.2) is 0 Å². The summed E-state index contributed by atoms with van der Waals surface area (Å²) in [7, 11) is 0. The minimum absolute atomic E-state index is 0.442. The fourth-order valence-electron chi connectivity index (χ4n) is 4.86. The number of hydrogen-bond acceptors (Lipinski definition) is 0. The van der Waals surface area contributed by atoms with Gasteiger partial charge in [0, 0.05) is 0 Å². The van der Waals surface area contributed by atoms with Gasteiger partial charge in [0.05, 0.1) is 0 Å². The van der Waals surface area contributed by atoms with Crippen molar-refractivity contribution in [3.8, 4) is 0 Å². The van der Waals surface area contributed by atoms with Crippen molar-refractivity contribution >= 4 is 0 Å². The lowest BCUT2D eigenvalue weighted by Crippen LogP contribution is -2.39. The number of hydrogen-bond donors (Lipinski definition) is 0. The maximum Gasteiger partial charge on any atom is -0.0141 e. The molecule has 2 rings (SSSR count). The molecule has 0 nitrogen and oxygen atoms in total. The number of rotatable bonds is 1. The molecule has 0 spiro atoms. The molecule has 0 saturated heterocycles. The van der Waals surface area contributed by atoms with Crippen LogP contribution in [0.3, 0.4) is 0 Å². The van der Waals surface area contributed by atoms with Crippen LogP contribution in [0.1, 0.15) is 48.0 Å². The van der Waals surface area contributed by atoms with E-state index in [1.807, 2.05) is 0 Å². The van der Waals surface area contributed by atoms with E-state index in [0.717, 1.165) is 35.5 Å². The predicted octanol–water partition coefficient (Wildman–Crippen LogP) is 4.76. The van der Waals surface area contributed by atoms with Crippen molar-refractivity contribution in [3.05, 3.63) is 12.2 Å². The monoisotopic (exact) mass is 220 g/mol. The summed E-state index contributed by atoms with van der Waals surface area (Å²) in [5, 5.41) is 0. The molecule has 6 unspecified atom stereocenters. The molecule has 0 radical (unpaired) electrons.